The Hall–Kier alpha value is -2.98. The lowest BCUT2D eigenvalue weighted by Gasteiger charge is -2.24. The van der Waals surface area contributed by atoms with Gasteiger partial charge < -0.3 is 5.32 Å². The molecule has 2 aromatic heterocycles. The van der Waals surface area contributed by atoms with Crippen molar-refractivity contribution in [1.29, 1.82) is 0 Å². The minimum atomic E-state index is -4.75. The molecule has 0 aliphatic heterocycles. The van der Waals surface area contributed by atoms with Gasteiger partial charge >= 0.3 is 6.18 Å². The summed E-state index contributed by atoms with van der Waals surface area (Å²) in [5.74, 6) is -5.78. The Morgan fingerprint density at radius 3 is 2.14 bits per heavy atom. The first-order valence-electron chi connectivity index (χ1n) is 7.91. The molecule has 28 heavy (non-hydrogen) atoms. The van der Waals surface area contributed by atoms with Gasteiger partial charge in [-0.15, -0.1) is 0 Å². The number of halogens is 7. The van der Waals surface area contributed by atoms with Crippen molar-refractivity contribution < 1.29 is 30.7 Å². The molecule has 11 heteroatoms. The highest BCUT2D eigenvalue weighted by molar-refractivity contribution is 5.95. The van der Waals surface area contributed by atoms with Crippen molar-refractivity contribution in [1.82, 2.24) is 15.0 Å². The molecule has 0 aliphatic carbocycles. The maximum Gasteiger partial charge on any atom is 0.408 e. The molecule has 0 saturated carbocycles. The van der Waals surface area contributed by atoms with Crippen LogP contribution in [-0.4, -0.2) is 27.2 Å². The molecule has 0 amide bonds. The minimum absolute atomic E-state index is 0.281. The average Bonchev–Trinajstić information content (AvgIpc) is 2.59. The number of nitrogens with zero attached hydrogens (tertiary/aromatic N) is 3. The summed E-state index contributed by atoms with van der Waals surface area (Å²) < 4.78 is 96.1. The molecule has 1 unspecified atom stereocenters. The number of nitrogens with one attached hydrogen (secondary N) is 1. The Kier molecular flexibility index (Phi) is 5.09. The topological polar surface area (TPSA) is 50.7 Å². The molecule has 4 nitrogen and oxygen atoms in total. The number of hydrogen-bond acceptors (Lipinski definition) is 4. The van der Waals surface area contributed by atoms with Gasteiger partial charge in [-0.25, -0.2) is 23.1 Å². The standard InChI is InChI=1S/C17H11F7N4/c1-2-10(17(22,23)24)27-13-12(11-8(19)5-7(18)6-9(11)20)15(21)28-16-14(13)25-3-4-26-16/h3-6,10H,2H2,1H3,(H,26,27,28). The smallest absolute Gasteiger partial charge is 0.371 e. The summed E-state index contributed by atoms with van der Waals surface area (Å²) in [7, 11) is 0. The Bertz CT molecular complexity index is 1010. The van der Waals surface area contributed by atoms with E-state index in [-0.39, 0.29) is 23.3 Å². The van der Waals surface area contributed by atoms with Gasteiger partial charge in [-0.2, -0.15) is 22.5 Å². The van der Waals surface area contributed by atoms with E-state index in [0.717, 1.165) is 12.4 Å². The van der Waals surface area contributed by atoms with Crippen LogP contribution in [0.4, 0.5) is 36.4 Å². The molecule has 3 rings (SSSR count). The van der Waals surface area contributed by atoms with Gasteiger partial charge in [0.1, 0.15) is 29.0 Å². The van der Waals surface area contributed by atoms with E-state index in [9.17, 15) is 30.7 Å². The second kappa shape index (κ2) is 7.21. The maximum absolute atomic E-state index is 14.7. The van der Waals surface area contributed by atoms with Gasteiger partial charge in [0.25, 0.3) is 0 Å². The zero-order valence-electron chi connectivity index (χ0n) is 14.1. The number of aromatic nitrogens is 3. The van der Waals surface area contributed by atoms with E-state index in [1.54, 1.807) is 0 Å². The van der Waals surface area contributed by atoms with Gasteiger partial charge in [-0.05, 0) is 6.42 Å². The summed E-state index contributed by atoms with van der Waals surface area (Å²) in [6.45, 7) is 1.22. The second-order valence-electron chi connectivity index (χ2n) is 5.77. The van der Waals surface area contributed by atoms with Crippen molar-refractivity contribution in [3.8, 4) is 11.1 Å². The zero-order chi connectivity index (χ0) is 20.6. The number of hydrogen-bond donors (Lipinski definition) is 1. The summed E-state index contributed by atoms with van der Waals surface area (Å²) in [5.41, 5.74) is -3.36. The highest BCUT2D eigenvalue weighted by Crippen LogP contribution is 2.39. The number of benzene rings is 1. The van der Waals surface area contributed by atoms with Crippen molar-refractivity contribution in [2.24, 2.45) is 0 Å². The van der Waals surface area contributed by atoms with Crippen molar-refractivity contribution in [3.63, 3.8) is 0 Å². The average molecular weight is 404 g/mol. The van der Waals surface area contributed by atoms with Crippen LogP contribution in [0.5, 0.6) is 0 Å². The van der Waals surface area contributed by atoms with Gasteiger partial charge in [-0.3, -0.25) is 0 Å². The fraction of sp³-hybridized carbons (Fsp3) is 0.235. The van der Waals surface area contributed by atoms with E-state index < -0.39 is 58.9 Å². The van der Waals surface area contributed by atoms with E-state index in [1.165, 1.54) is 6.92 Å². The van der Waals surface area contributed by atoms with Crippen molar-refractivity contribution in [2.75, 3.05) is 5.32 Å². The highest BCUT2D eigenvalue weighted by Gasteiger charge is 2.39. The molecule has 0 aliphatic rings. The molecule has 148 valence electrons. The number of fused-ring (bicyclic) bond motifs is 1. The van der Waals surface area contributed by atoms with Gasteiger partial charge in [0.05, 0.1) is 16.8 Å². The van der Waals surface area contributed by atoms with E-state index in [0.29, 0.717) is 0 Å². The largest absolute Gasteiger partial charge is 0.408 e. The van der Waals surface area contributed by atoms with Crippen LogP contribution in [0.3, 0.4) is 0 Å². The first-order valence-corrected chi connectivity index (χ1v) is 7.91. The Balaban J connectivity index is 2.36. The fourth-order valence-corrected chi connectivity index (χ4v) is 2.70. The third-order valence-corrected chi connectivity index (χ3v) is 3.95. The van der Waals surface area contributed by atoms with Crippen LogP contribution in [-0.2, 0) is 0 Å². The third kappa shape index (κ3) is 3.56. The minimum Gasteiger partial charge on any atom is -0.371 e. The van der Waals surface area contributed by atoms with Gasteiger partial charge in [0.2, 0.25) is 5.95 Å². The van der Waals surface area contributed by atoms with Crippen LogP contribution in [0.1, 0.15) is 13.3 Å². The van der Waals surface area contributed by atoms with Crippen LogP contribution in [0, 0.1) is 23.4 Å². The molecule has 0 radical (unpaired) electrons. The van der Waals surface area contributed by atoms with Crippen molar-refractivity contribution in [3.05, 3.63) is 47.9 Å². The maximum atomic E-state index is 14.7. The molecular formula is C17H11F7N4. The van der Waals surface area contributed by atoms with Gasteiger partial charge in [0, 0.05) is 24.5 Å². The monoisotopic (exact) mass is 404 g/mol. The van der Waals surface area contributed by atoms with Crippen molar-refractivity contribution in [2.45, 2.75) is 25.6 Å². The highest BCUT2D eigenvalue weighted by atomic mass is 19.4. The number of anilines is 1. The Morgan fingerprint density at radius 1 is 0.964 bits per heavy atom. The van der Waals surface area contributed by atoms with Crippen LogP contribution in [0.2, 0.25) is 0 Å². The van der Waals surface area contributed by atoms with Crippen molar-refractivity contribution >= 4 is 16.9 Å². The Labute approximate surface area is 153 Å². The SMILES string of the molecule is CCC(Nc1c(-c2c(F)cc(F)cc2F)c(F)nc2nccnc12)C(F)(F)F. The molecule has 0 bridgehead atoms. The van der Waals surface area contributed by atoms with Crippen LogP contribution < -0.4 is 5.32 Å². The number of rotatable bonds is 4. The summed E-state index contributed by atoms with van der Waals surface area (Å²) in [6.07, 6.45) is -3.00. The van der Waals surface area contributed by atoms with E-state index >= 15 is 0 Å². The summed E-state index contributed by atoms with van der Waals surface area (Å²) in [5, 5.41) is 2.05. The zero-order valence-corrected chi connectivity index (χ0v) is 14.1. The fourth-order valence-electron chi connectivity index (χ4n) is 2.70. The lowest BCUT2D eigenvalue weighted by Crippen LogP contribution is -2.36. The van der Waals surface area contributed by atoms with Gasteiger partial charge in [-0.1, -0.05) is 6.92 Å². The quantitative estimate of drug-likeness (QED) is 0.491. The molecule has 3 aromatic rings. The molecule has 1 atom stereocenters. The number of pyridine rings is 1. The summed E-state index contributed by atoms with van der Waals surface area (Å²) >= 11 is 0. The lowest BCUT2D eigenvalue weighted by molar-refractivity contribution is -0.142. The number of alkyl halides is 3. The van der Waals surface area contributed by atoms with Crippen LogP contribution >= 0.6 is 0 Å². The molecule has 2 heterocycles. The normalized spacial score (nSPS) is 13.0. The second-order valence-corrected chi connectivity index (χ2v) is 5.77. The van der Waals surface area contributed by atoms with E-state index in [1.807, 2.05) is 0 Å². The first kappa shape index (κ1) is 19.8. The van der Waals surface area contributed by atoms with Crippen LogP contribution in [0.15, 0.2) is 24.5 Å². The molecule has 0 saturated heterocycles. The van der Waals surface area contributed by atoms with E-state index in [2.05, 4.69) is 20.3 Å². The summed E-state index contributed by atoms with van der Waals surface area (Å²) in [6, 6.07) is -1.61. The predicted octanol–water partition coefficient (Wildman–Crippen LogP) is 5.00. The Morgan fingerprint density at radius 2 is 1.57 bits per heavy atom. The molecule has 1 N–H and O–H groups in total. The third-order valence-electron chi connectivity index (χ3n) is 3.95. The molecule has 0 spiro atoms. The van der Waals surface area contributed by atoms with Crippen LogP contribution in [0.25, 0.3) is 22.3 Å². The van der Waals surface area contributed by atoms with Gasteiger partial charge in [0.15, 0.2) is 5.65 Å². The molecular weight excluding hydrogens is 393 g/mol. The molecule has 0 fully saturated rings. The lowest BCUT2D eigenvalue weighted by atomic mass is 10.0. The first-order chi connectivity index (χ1) is 13.1. The molecule has 1 aromatic carbocycles. The van der Waals surface area contributed by atoms with E-state index in [4.69, 9.17) is 0 Å². The summed E-state index contributed by atoms with van der Waals surface area (Å²) in [4.78, 5) is 10.9. The predicted molar refractivity (Wildman–Crippen MR) is 86.4 cm³/mol.